The van der Waals surface area contributed by atoms with Crippen LogP contribution in [0, 0.1) is 5.92 Å². The van der Waals surface area contributed by atoms with Crippen LogP contribution >= 0.6 is 0 Å². The molecular weight excluding hydrogens is 382 g/mol. The van der Waals surface area contributed by atoms with Crippen LogP contribution in [0.15, 0.2) is 36.4 Å². The van der Waals surface area contributed by atoms with Crippen molar-refractivity contribution in [3.8, 4) is 0 Å². The molecule has 2 aromatic rings. The van der Waals surface area contributed by atoms with Crippen LogP contribution in [0.5, 0.6) is 0 Å². The van der Waals surface area contributed by atoms with Crippen LogP contribution in [0.25, 0.3) is 10.9 Å². The Kier molecular flexibility index (Phi) is 6.61. The van der Waals surface area contributed by atoms with E-state index in [1.54, 1.807) is 18.1 Å². The standard InChI is InChI=1S/C23H31N3O4/c1-15(21(27)25-19-13-12-16-9-6-7-10-17(16)24-19)20(29-5)18-11-8-14-26(18)22(28)30-23(2,3)4/h6-7,9-10,12-13,15,18,20H,8,11,14H2,1-5H3,(H,24,25,27). The van der Waals surface area contributed by atoms with Crippen LogP contribution in [0.3, 0.4) is 0 Å². The van der Waals surface area contributed by atoms with E-state index in [9.17, 15) is 9.59 Å². The van der Waals surface area contributed by atoms with Crippen LogP contribution in [-0.4, -0.2) is 53.3 Å². The highest BCUT2D eigenvalue weighted by atomic mass is 16.6. The maximum absolute atomic E-state index is 12.9. The van der Waals surface area contributed by atoms with Crippen molar-refractivity contribution in [1.82, 2.24) is 9.88 Å². The molecule has 0 radical (unpaired) electrons. The first kappa shape index (κ1) is 22.0. The molecule has 7 heteroatoms. The largest absolute Gasteiger partial charge is 0.444 e. The van der Waals surface area contributed by atoms with Crippen LogP contribution in [0.4, 0.5) is 10.6 Å². The van der Waals surface area contributed by atoms with Gasteiger partial charge < -0.3 is 19.7 Å². The lowest BCUT2D eigenvalue weighted by atomic mass is 9.95. The lowest BCUT2D eigenvalue weighted by molar-refractivity contribution is -0.125. The Bertz CT molecular complexity index is 909. The lowest BCUT2D eigenvalue weighted by Crippen LogP contribution is -2.49. The third-order valence-corrected chi connectivity index (χ3v) is 5.33. The van der Waals surface area contributed by atoms with Crippen molar-refractivity contribution >= 4 is 28.7 Å². The number of hydrogen-bond acceptors (Lipinski definition) is 5. The maximum Gasteiger partial charge on any atom is 0.410 e. The van der Waals surface area contributed by atoms with E-state index in [0.29, 0.717) is 12.4 Å². The molecule has 3 atom stereocenters. The van der Waals surface area contributed by atoms with E-state index in [1.165, 1.54) is 0 Å². The lowest BCUT2D eigenvalue weighted by Gasteiger charge is -2.34. The highest BCUT2D eigenvalue weighted by molar-refractivity contribution is 5.93. The molecule has 0 aliphatic carbocycles. The van der Waals surface area contributed by atoms with E-state index in [-0.39, 0.29) is 18.0 Å². The van der Waals surface area contributed by atoms with Crippen LogP contribution in [0.1, 0.15) is 40.5 Å². The first-order valence-electron chi connectivity index (χ1n) is 10.4. The molecule has 2 heterocycles. The minimum atomic E-state index is -0.572. The number of benzene rings is 1. The van der Waals surface area contributed by atoms with Crippen molar-refractivity contribution < 1.29 is 19.1 Å². The fourth-order valence-electron chi connectivity index (χ4n) is 3.90. The van der Waals surface area contributed by atoms with Gasteiger partial charge in [-0.1, -0.05) is 25.1 Å². The van der Waals surface area contributed by atoms with Crippen molar-refractivity contribution in [2.75, 3.05) is 19.0 Å². The van der Waals surface area contributed by atoms with E-state index >= 15 is 0 Å². The zero-order chi connectivity index (χ0) is 21.9. The molecule has 7 nitrogen and oxygen atoms in total. The zero-order valence-corrected chi connectivity index (χ0v) is 18.3. The number of hydrogen-bond donors (Lipinski definition) is 1. The third-order valence-electron chi connectivity index (χ3n) is 5.33. The van der Waals surface area contributed by atoms with Crippen molar-refractivity contribution in [2.24, 2.45) is 5.92 Å². The smallest absolute Gasteiger partial charge is 0.410 e. The SMILES string of the molecule is COC(C(C)C(=O)Nc1ccc2ccccc2n1)C1CCCN1C(=O)OC(C)(C)C. The van der Waals surface area contributed by atoms with Gasteiger partial charge >= 0.3 is 6.09 Å². The number of nitrogens with zero attached hydrogens (tertiary/aromatic N) is 2. The summed E-state index contributed by atoms with van der Waals surface area (Å²) in [6.45, 7) is 7.94. The molecule has 1 N–H and O–H groups in total. The topological polar surface area (TPSA) is 80.8 Å². The van der Waals surface area contributed by atoms with Crippen molar-refractivity contribution in [2.45, 2.75) is 58.3 Å². The molecule has 3 rings (SSSR count). The summed E-state index contributed by atoms with van der Waals surface area (Å²) >= 11 is 0. The molecule has 162 valence electrons. The van der Waals surface area contributed by atoms with Gasteiger partial charge in [0.05, 0.1) is 23.6 Å². The normalized spacial score (nSPS) is 18.8. The van der Waals surface area contributed by atoms with Crippen LogP contribution < -0.4 is 5.32 Å². The van der Waals surface area contributed by atoms with Crippen LogP contribution in [-0.2, 0) is 14.3 Å². The fraction of sp³-hybridized carbons (Fsp3) is 0.522. The second-order valence-electron chi connectivity index (χ2n) is 8.75. The number of aromatic nitrogens is 1. The number of methoxy groups -OCH3 is 1. The molecule has 1 aliphatic rings. The van der Waals surface area contributed by atoms with Gasteiger partial charge in [0.15, 0.2) is 0 Å². The van der Waals surface area contributed by atoms with Gasteiger partial charge in [-0.15, -0.1) is 0 Å². The van der Waals surface area contributed by atoms with E-state index < -0.39 is 17.6 Å². The number of para-hydroxylation sites is 1. The van der Waals surface area contributed by atoms with Gasteiger partial charge in [0.1, 0.15) is 11.4 Å². The predicted molar refractivity (Wildman–Crippen MR) is 116 cm³/mol. The molecule has 0 spiro atoms. The number of rotatable bonds is 5. The molecule has 0 bridgehead atoms. The van der Waals surface area contributed by atoms with E-state index in [1.807, 2.05) is 58.0 Å². The number of carbonyl (C=O) groups excluding carboxylic acids is 2. The number of amides is 2. The summed E-state index contributed by atoms with van der Waals surface area (Å²) < 4.78 is 11.2. The van der Waals surface area contributed by atoms with Gasteiger partial charge in [0.2, 0.25) is 5.91 Å². The first-order valence-corrected chi connectivity index (χ1v) is 10.4. The molecule has 30 heavy (non-hydrogen) atoms. The summed E-state index contributed by atoms with van der Waals surface area (Å²) in [4.78, 5) is 31.8. The molecule has 3 unspecified atom stereocenters. The Labute approximate surface area is 177 Å². The number of nitrogens with one attached hydrogen (secondary N) is 1. The zero-order valence-electron chi connectivity index (χ0n) is 18.3. The third kappa shape index (κ3) is 5.08. The van der Waals surface area contributed by atoms with Crippen molar-refractivity contribution in [3.63, 3.8) is 0 Å². The molecule has 1 fully saturated rings. The van der Waals surface area contributed by atoms with Gasteiger partial charge in [-0.2, -0.15) is 0 Å². The highest BCUT2D eigenvalue weighted by Gasteiger charge is 2.41. The monoisotopic (exact) mass is 413 g/mol. The summed E-state index contributed by atoms with van der Waals surface area (Å²) in [5, 5.41) is 3.90. The molecule has 1 saturated heterocycles. The number of carbonyl (C=O) groups is 2. The first-order chi connectivity index (χ1) is 14.2. The van der Waals surface area contributed by atoms with E-state index in [4.69, 9.17) is 9.47 Å². The summed E-state index contributed by atoms with van der Waals surface area (Å²) in [6, 6.07) is 11.2. The quantitative estimate of drug-likeness (QED) is 0.794. The number of anilines is 1. The number of ether oxygens (including phenoxy) is 2. The second kappa shape index (κ2) is 9.00. The highest BCUT2D eigenvalue weighted by Crippen LogP contribution is 2.28. The average Bonchev–Trinajstić information content (AvgIpc) is 3.17. The molecule has 1 aromatic heterocycles. The van der Waals surface area contributed by atoms with Crippen LogP contribution in [0.2, 0.25) is 0 Å². The number of likely N-dealkylation sites (tertiary alicyclic amines) is 1. The molecule has 1 aromatic carbocycles. The Hall–Kier alpha value is -2.67. The van der Waals surface area contributed by atoms with Gasteiger partial charge in [0, 0.05) is 19.0 Å². The number of pyridine rings is 1. The van der Waals surface area contributed by atoms with Gasteiger partial charge in [-0.05, 0) is 51.8 Å². The Morgan fingerprint density at radius 2 is 1.93 bits per heavy atom. The molecular formula is C23H31N3O4. The van der Waals surface area contributed by atoms with E-state index in [0.717, 1.165) is 23.7 Å². The maximum atomic E-state index is 12.9. The van der Waals surface area contributed by atoms with Gasteiger partial charge in [-0.25, -0.2) is 9.78 Å². The minimum Gasteiger partial charge on any atom is -0.444 e. The summed E-state index contributed by atoms with van der Waals surface area (Å²) in [6.07, 6.45) is 0.810. The minimum absolute atomic E-state index is 0.194. The van der Waals surface area contributed by atoms with Gasteiger partial charge in [0.25, 0.3) is 0 Å². The summed E-state index contributed by atoms with van der Waals surface area (Å²) in [5.74, 6) is -0.173. The van der Waals surface area contributed by atoms with E-state index in [2.05, 4.69) is 10.3 Å². The van der Waals surface area contributed by atoms with Crippen molar-refractivity contribution in [3.05, 3.63) is 36.4 Å². The van der Waals surface area contributed by atoms with Crippen molar-refractivity contribution in [1.29, 1.82) is 0 Å². The number of fused-ring (bicyclic) bond motifs is 1. The Morgan fingerprint density at radius 3 is 2.63 bits per heavy atom. The Balaban J connectivity index is 1.71. The Morgan fingerprint density at radius 1 is 1.20 bits per heavy atom. The second-order valence-corrected chi connectivity index (χ2v) is 8.75. The molecule has 1 aliphatic heterocycles. The summed E-state index contributed by atoms with van der Waals surface area (Å²) in [7, 11) is 1.58. The fourth-order valence-corrected chi connectivity index (χ4v) is 3.90. The predicted octanol–water partition coefficient (Wildman–Crippen LogP) is 4.22. The van der Waals surface area contributed by atoms with Gasteiger partial charge in [-0.3, -0.25) is 4.79 Å². The summed E-state index contributed by atoms with van der Waals surface area (Å²) in [5.41, 5.74) is 0.246. The molecule has 2 amide bonds. The average molecular weight is 414 g/mol. The molecule has 0 saturated carbocycles.